The summed E-state index contributed by atoms with van der Waals surface area (Å²) in [6.07, 6.45) is 0.809. The van der Waals surface area contributed by atoms with Gasteiger partial charge in [0.1, 0.15) is 0 Å². The van der Waals surface area contributed by atoms with Crippen molar-refractivity contribution < 1.29 is 5.11 Å². The van der Waals surface area contributed by atoms with Crippen molar-refractivity contribution >= 4 is 0 Å². The summed E-state index contributed by atoms with van der Waals surface area (Å²) in [6, 6.07) is 4.81. The van der Waals surface area contributed by atoms with Crippen LogP contribution in [0.4, 0.5) is 0 Å². The van der Waals surface area contributed by atoms with E-state index in [-0.39, 0.29) is 6.61 Å². The Balaban J connectivity index is 2.67. The molecule has 0 saturated carbocycles. The monoisotopic (exact) mass is 221 g/mol. The molecule has 0 aromatic heterocycles. The number of hydrogen-bond acceptors (Lipinski definition) is 2. The quantitative estimate of drug-likeness (QED) is 0.800. The van der Waals surface area contributed by atoms with Crippen molar-refractivity contribution in [2.45, 2.75) is 46.7 Å². The lowest BCUT2D eigenvalue weighted by Crippen LogP contribution is -2.27. The summed E-state index contributed by atoms with van der Waals surface area (Å²) in [4.78, 5) is 0. The number of aliphatic hydroxyl groups excluding tert-OH is 1. The van der Waals surface area contributed by atoms with Crippen molar-refractivity contribution in [3.8, 4) is 0 Å². The van der Waals surface area contributed by atoms with Gasteiger partial charge in [0.2, 0.25) is 0 Å². The first-order chi connectivity index (χ1) is 7.54. The molecule has 1 aromatic carbocycles. The molecule has 16 heavy (non-hydrogen) atoms. The van der Waals surface area contributed by atoms with E-state index in [0.717, 1.165) is 13.0 Å². The van der Waals surface area contributed by atoms with E-state index in [0.29, 0.717) is 6.04 Å². The largest absolute Gasteiger partial charge is 0.396 e. The summed E-state index contributed by atoms with van der Waals surface area (Å²) in [5.74, 6) is 0. The number of hydrogen-bond donors (Lipinski definition) is 2. The molecule has 0 heterocycles. The third-order valence-electron chi connectivity index (χ3n) is 3.03. The Morgan fingerprint density at radius 1 is 1.19 bits per heavy atom. The molecule has 0 fully saturated rings. The molecule has 2 heteroatoms. The van der Waals surface area contributed by atoms with Gasteiger partial charge in [0.05, 0.1) is 0 Å². The third-order valence-corrected chi connectivity index (χ3v) is 3.03. The molecule has 0 aliphatic carbocycles. The van der Waals surface area contributed by atoms with Gasteiger partial charge in [0.15, 0.2) is 0 Å². The molecule has 1 rings (SSSR count). The zero-order valence-electron chi connectivity index (χ0n) is 10.8. The van der Waals surface area contributed by atoms with Gasteiger partial charge in [-0.05, 0) is 50.8 Å². The maximum absolute atomic E-state index is 8.84. The smallest absolute Gasteiger partial charge is 0.0445 e. The second-order valence-corrected chi connectivity index (χ2v) is 4.67. The van der Waals surface area contributed by atoms with E-state index in [2.05, 4.69) is 45.1 Å². The lowest BCUT2D eigenvalue weighted by Gasteiger charge is -2.16. The molecule has 90 valence electrons. The highest BCUT2D eigenvalue weighted by molar-refractivity contribution is 5.37. The Labute approximate surface area is 98.7 Å². The Kier molecular flexibility index (Phi) is 4.97. The lowest BCUT2D eigenvalue weighted by molar-refractivity contribution is 0.268. The molecule has 0 amide bonds. The molecule has 2 N–H and O–H groups in total. The molecular formula is C14H23NO. The van der Waals surface area contributed by atoms with Gasteiger partial charge in [-0.1, -0.05) is 17.7 Å². The van der Waals surface area contributed by atoms with Crippen molar-refractivity contribution in [1.82, 2.24) is 5.32 Å². The van der Waals surface area contributed by atoms with E-state index in [4.69, 9.17) is 5.11 Å². The summed E-state index contributed by atoms with van der Waals surface area (Å²) in [7, 11) is 0. The molecule has 0 spiro atoms. The Morgan fingerprint density at radius 2 is 1.75 bits per heavy atom. The van der Waals surface area contributed by atoms with Crippen LogP contribution in [0.15, 0.2) is 12.1 Å². The van der Waals surface area contributed by atoms with E-state index in [1.54, 1.807) is 0 Å². The van der Waals surface area contributed by atoms with Crippen LogP contribution in [0.5, 0.6) is 0 Å². The maximum atomic E-state index is 8.84. The normalized spacial score (nSPS) is 12.8. The van der Waals surface area contributed by atoms with Crippen LogP contribution in [0.3, 0.4) is 0 Å². The fourth-order valence-corrected chi connectivity index (χ4v) is 2.06. The molecule has 2 nitrogen and oxygen atoms in total. The highest BCUT2D eigenvalue weighted by atomic mass is 16.3. The zero-order valence-corrected chi connectivity index (χ0v) is 10.8. The fraction of sp³-hybridized carbons (Fsp3) is 0.571. The number of aliphatic hydroxyl groups is 1. The van der Waals surface area contributed by atoms with E-state index in [9.17, 15) is 0 Å². The number of benzene rings is 1. The molecule has 1 atom stereocenters. The van der Waals surface area contributed by atoms with Crippen molar-refractivity contribution in [3.05, 3.63) is 34.4 Å². The van der Waals surface area contributed by atoms with E-state index < -0.39 is 0 Å². The van der Waals surface area contributed by atoms with Crippen LogP contribution in [-0.4, -0.2) is 17.8 Å². The second-order valence-electron chi connectivity index (χ2n) is 4.67. The van der Waals surface area contributed by atoms with E-state index in [1.165, 1.54) is 22.3 Å². The summed E-state index contributed by atoms with van der Waals surface area (Å²) in [5.41, 5.74) is 5.40. The minimum Gasteiger partial charge on any atom is -0.396 e. The van der Waals surface area contributed by atoms with Gasteiger partial charge in [-0.25, -0.2) is 0 Å². The highest BCUT2D eigenvalue weighted by Gasteiger charge is 2.05. The van der Waals surface area contributed by atoms with E-state index >= 15 is 0 Å². The minimum absolute atomic E-state index is 0.250. The SMILES string of the molecule is Cc1cc(C)c(CNC(C)CCO)c(C)c1. The predicted molar refractivity (Wildman–Crippen MR) is 68.7 cm³/mol. The summed E-state index contributed by atoms with van der Waals surface area (Å²) in [6.45, 7) is 9.70. The van der Waals surface area contributed by atoms with Crippen molar-refractivity contribution in [3.63, 3.8) is 0 Å². The minimum atomic E-state index is 0.250. The van der Waals surface area contributed by atoms with Crippen LogP contribution < -0.4 is 5.32 Å². The van der Waals surface area contributed by atoms with Crippen LogP contribution in [0.1, 0.15) is 35.6 Å². The van der Waals surface area contributed by atoms with Gasteiger partial charge < -0.3 is 10.4 Å². The molecule has 0 bridgehead atoms. The first kappa shape index (κ1) is 13.2. The fourth-order valence-electron chi connectivity index (χ4n) is 2.06. The molecule has 0 aliphatic heterocycles. The van der Waals surface area contributed by atoms with Crippen LogP contribution in [0.25, 0.3) is 0 Å². The average Bonchev–Trinajstić information content (AvgIpc) is 2.16. The van der Waals surface area contributed by atoms with E-state index in [1.807, 2.05) is 0 Å². The predicted octanol–water partition coefficient (Wildman–Crippen LogP) is 2.47. The standard InChI is InChI=1S/C14H23NO/c1-10-7-11(2)14(12(3)8-10)9-15-13(4)5-6-16/h7-8,13,15-16H,5-6,9H2,1-4H3. The molecule has 0 saturated heterocycles. The van der Waals surface area contributed by atoms with Gasteiger partial charge in [-0.2, -0.15) is 0 Å². The van der Waals surface area contributed by atoms with Gasteiger partial charge in [-0.15, -0.1) is 0 Å². The summed E-state index contributed by atoms with van der Waals surface area (Å²) >= 11 is 0. The van der Waals surface area contributed by atoms with Crippen LogP contribution >= 0.6 is 0 Å². The van der Waals surface area contributed by atoms with Crippen LogP contribution in [-0.2, 0) is 6.54 Å². The third kappa shape index (κ3) is 3.62. The number of nitrogens with one attached hydrogen (secondary N) is 1. The Bertz CT molecular complexity index is 324. The maximum Gasteiger partial charge on any atom is 0.0445 e. The first-order valence-corrected chi connectivity index (χ1v) is 5.95. The number of aryl methyl sites for hydroxylation is 3. The van der Waals surface area contributed by atoms with Gasteiger partial charge in [-0.3, -0.25) is 0 Å². The molecule has 1 aromatic rings. The van der Waals surface area contributed by atoms with Crippen molar-refractivity contribution in [2.24, 2.45) is 0 Å². The summed E-state index contributed by atoms with van der Waals surface area (Å²) < 4.78 is 0. The molecule has 0 radical (unpaired) electrons. The van der Waals surface area contributed by atoms with Gasteiger partial charge >= 0.3 is 0 Å². The second kappa shape index (κ2) is 6.02. The van der Waals surface area contributed by atoms with Gasteiger partial charge in [0.25, 0.3) is 0 Å². The van der Waals surface area contributed by atoms with Crippen LogP contribution in [0, 0.1) is 20.8 Å². The Morgan fingerprint density at radius 3 is 2.25 bits per heavy atom. The zero-order chi connectivity index (χ0) is 12.1. The molecule has 0 aliphatic rings. The summed E-state index contributed by atoms with van der Waals surface area (Å²) in [5, 5.41) is 12.3. The average molecular weight is 221 g/mol. The highest BCUT2D eigenvalue weighted by Crippen LogP contribution is 2.16. The first-order valence-electron chi connectivity index (χ1n) is 5.95. The molecular weight excluding hydrogens is 198 g/mol. The van der Waals surface area contributed by atoms with Crippen LogP contribution in [0.2, 0.25) is 0 Å². The lowest BCUT2D eigenvalue weighted by atomic mass is 9.99. The van der Waals surface area contributed by atoms with Gasteiger partial charge in [0, 0.05) is 19.2 Å². The molecule has 1 unspecified atom stereocenters. The van der Waals surface area contributed by atoms with Crippen molar-refractivity contribution in [1.29, 1.82) is 0 Å². The Hall–Kier alpha value is -0.860. The number of rotatable bonds is 5. The topological polar surface area (TPSA) is 32.3 Å². The van der Waals surface area contributed by atoms with Crippen molar-refractivity contribution in [2.75, 3.05) is 6.61 Å².